The zero-order chi connectivity index (χ0) is 10.8. The summed E-state index contributed by atoms with van der Waals surface area (Å²) < 4.78 is 31.6. The molecule has 0 aromatic heterocycles. The van der Waals surface area contributed by atoms with Gasteiger partial charge in [0.1, 0.15) is 17.9 Å². The Hall–Kier alpha value is -0.940. The minimum Gasteiger partial charge on any atom is -0.379 e. The molecule has 1 saturated heterocycles. The van der Waals surface area contributed by atoms with Crippen LogP contribution in [0.1, 0.15) is 10.4 Å². The van der Waals surface area contributed by atoms with E-state index in [-0.39, 0.29) is 15.7 Å². The van der Waals surface area contributed by atoms with Crippen molar-refractivity contribution in [2.75, 3.05) is 13.2 Å². The maximum absolute atomic E-state index is 13.4. The molecule has 1 fully saturated rings. The molecule has 0 aliphatic carbocycles. The minimum absolute atomic E-state index is 0.0132. The van der Waals surface area contributed by atoms with Crippen LogP contribution in [0.3, 0.4) is 0 Å². The highest BCUT2D eigenvalue weighted by Crippen LogP contribution is 2.32. The summed E-state index contributed by atoms with van der Waals surface area (Å²) in [6.07, 6.45) is 0.424. The van der Waals surface area contributed by atoms with Crippen molar-refractivity contribution in [1.82, 2.24) is 0 Å². The zero-order valence-electron chi connectivity index (χ0n) is 7.70. The first-order valence-electron chi connectivity index (χ1n) is 4.39. The number of hydrogen-bond acceptors (Lipinski definition) is 3. The van der Waals surface area contributed by atoms with Crippen LogP contribution in [0.2, 0.25) is 0 Å². The number of rotatable bonds is 3. The summed E-state index contributed by atoms with van der Waals surface area (Å²) in [5, 5.41) is 0.107. The lowest BCUT2D eigenvalue weighted by Crippen LogP contribution is -2.30. The Morgan fingerprint density at radius 2 is 1.93 bits per heavy atom. The van der Waals surface area contributed by atoms with E-state index in [0.717, 1.165) is 23.9 Å². The third-order valence-electron chi connectivity index (χ3n) is 2.05. The predicted octanol–water partition coefficient (Wildman–Crippen LogP) is 2.27. The number of carbonyl (C=O) groups is 1. The number of thioether (sulfide) groups is 1. The quantitative estimate of drug-likeness (QED) is 0.745. The Morgan fingerprint density at radius 1 is 1.33 bits per heavy atom. The van der Waals surface area contributed by atoms with Crippen molar-refractivity contribution in [3.63, 3.8) is 0 Å². The SMILES string of the molecule is O=Cc1cc(F)c(SC2COC2)c(F)c1. The fraction of sp³-hybridized carbons (Fsp3) is 0.300. The molecule has 15 heavy (non-hydrogen) atoms. The van der Waals surface area contributed by atoms with Crippen molar-refractivity contribution >= 4 is 18.0 Å². The summed E-state index contributed by atoms with van der Waals surface area (Å²) in [5.41, 5.74) is 0.0132. The fourth-order valence-corrected chi connectivity index (χ4v) is 2.21. The van der Waals surface area contributed by atoms with E-state index in [9.17, 15) is 13.6 Å². The number of ether oxygens (including phenoxy) is 1. The average Bonchev–Trinajstić information content (AvgIpc) is 2.13. The summed E-state index contributed by atoms with van der Waals surface area (Å²) in [5.74, 6) is -1.37. The number of aldehydes is 1. The van der Waals surface area contributed by atoms with Crippen molar-refractivity contribution in [3.8, 4) is 0 Å². The van der Waals surface area contributed by atoms with Gasteiger partial charge in [-0.15, -0.1) is 11.8 Å². The van der Waals surface area contributed by atoms with E-state index in [4.69, 9.17) is 4.74 Å². The summed E-state index contributed by atoms with van der Waals surface area (Å²) in [4.78, 5) is 10.3. The van der Waals surface area contributed by atoms with Gasteiger partial charge in [-0.1, -0.05) is 0 Å². The maximum atomic E-state index is 13.4. The van der Waals surface area contributed by atoms with E-state index >= 15 is 0 Å². The standard InChI is InChI=1S/C10H8F2O2S/c11-8-1-6(3-13)2-9(12)10(8)15-7-4-14-5-7/h1-3,7H,4-5H2. The molecular formula is C10H8F2O2S. The molecular weight excluding hydrogens is 222 g/mol. The molecule has 1 aromatic rings. The van der Waals surface area contributed by atoms with E-state index in [1.807, 2.05) is 0 Å². The molecule has 1 aliphatic heterocycles. The molecule has 0 radical (unpaired) electrons. The van der Waals surface area contributed by atoms with E-state index < -0.39 is 11.6 Å². The first-order chi connectivity index (χ1) is 7.20. The second-order valence-corrected chi connectivity index (χ2v) is 4.52. The molecule has 0 amide bonds. The molecule has 0 N–H and O–H groups in total. The predicted molar refractivity (Wildman–Crippen MR) is 52.2 cm³/mol. The van der Waals surface area contributed by atoms with Crippen LogP contribution < -0.4 is 0 Å². The van der Waals surface area contributed by atoms with Gasteiger partial charge in [-0.3, -0.25) is 4.79 Å². The van der Waals surface area contributed by atoms with Gasteiger partial charge in [0.2, 0.25) is 0 Å². The van der Waals surface area contributed by atoms with Gasteiger partial charge in [-0.2, -0.15) is 0 Å². The van der Waals surface area contributed by atoms with Crippen LogP contribution in [0.15, 0.2) is 17.0 Å². The molecule has 0 unspecified atom stereocenters. The van der Waals surface area contributed by atoms with Crippen molar-refractivity contribution < 1.29 is 18.3 Å². The van der Waals surface area contributed by atoms with Crippen LogP contribution in [0.25, 0.3) is 0 Å². The molecule has 80 valence electrons. The lowest BCUT2D eigenvalue weighted by molar-refractivity contribution is 0.0454. The van der Waals surface area contributed by atoms with Crippen LogP contribution in [-0.4, -0.2) is 24.7 Å². The molecule has 2 nitrogen and oxygen atoms in total. The normalized spacial score (nSPS) is 16.1. The van der Waals surface area contributed by atoms with E-state index in [1.165, 1.54) is 0 Å². The summed E-state index contributed by atoms with van der Waals surface area (Å²) >= 11 is 1.11. The van der Waals surface area contributed by atoms with Gasteiger partial charge < -0.3 is 4.74 Å². The highest BCUT2D eigenvalue weighted by atomic mass is 32.2. The van der Waals surface area contributed by atoms with Crippen molar-refractivity contribution in [2.24, 2.45) is 0 Å². The smallest absolute Gasteiger partial charge is 0.150 e. The van der Waals surface area contributed by atoms with Crippen LogP contribution >= 0.6 is 11.8 Å². The average molecular weight is 230 g/mol. The van der Waals surface area contributed by atoms with Crippen LogP contribution in [0.4, 0.5) is 8.78 Å². The van der Waals surface area contributed by atoms with Crippen LogP contribution in [0.5, 0.6) is 0 Å². The molecule has 1 aromatic carbocycles. The van der Waals surface area contributed by atoms with E-state index in [1.54, 1.807) is 0 Å². The summed E-state index contributed by atoms with van der Waals surface area (Å²) in [6, 6.07) is 2.08. The highest BCUT2D eigenvalue weighted by Gasteiger charge is 2.23. The Balaban J connectivity index is 2.25. The third kappa shape index (κ3) is 2.18. The third-order valence-corrected chi connectivity index (χ3v) is 3.28. The lowest BCUT2D eigenvalue weighted by atomic mass is 10.2. The zero-order valence-corrected chi connectivity index (χ0v) is 8.52. The monoisotopic (exact) mass is 230 g/mol. The molecule has 0 spiro atoms. The summed E-state index contributed by atoms with van der Waals surface area (Å²) in [6.45, 7) is 1.03. The van der Waals surface area contributed by atoms with Gasteiger partial charge in [0.05, 0.1) is 23.4 Å². The molecule has 2 rings (SSSR count). The summed E-state index contributed by atoms with van der Waals surface area (Å²) in [7, 11) is 0. The van der Waals surface area contributed by atoms with Crippen molar-refractivity contribution in [3.05, 3.63) is 29.3 Å². The fourth-order valence-electron chi connectivity index (χ4n) is 1.21. The van der Waals surface area contributed by atoms with Crippen molar-refractivity contribution in [2.45, 2.75) is 10.1 Å². The Kier molecular flexibility index (Phi) is 3.02. The number of halogens is 2. The second kappa shape index (κ2) is 4.28. The maximum Gasteiger partial charge on any atom is 0.150 e. The first kappa shape index (κ1) is 10.6. The highest BCUT2D eigenvalue weighted by molar-refractivity contribution is 8.00. The number of hydrogen-bond donors (Lipinski definition) is 0. The van der Waals surface area contributed by atoms with E-state index in [0.29, 0.717) is 19.5 Å². The molecule has 0 bridgehead atoms. The van der Waals surface area contributed by atoms with Gasteiger partial charge in [0.15, 0.2) is 0 Å². The Morgan fingerprint density at radius 3 is 2.33 bits per heavy atom. The first-order valence-corrected chi connectivity index (χ1v) is 5.27. The van der Waals surface area contributed by atoms with Gasteiger partial charge in [-0.05, 0) is 12.1 Å². The molecule has 5 heteroatoms. The van der Waals surface area contributed by atoms with Crippen LogP contribution in [-0.2, 0) is 4.74 Å². The topological polar surface area (TPSA) is 26.3 Å². The van der Waals surface area contributed by atoms with Gasteiger partial charge in [0.25, 0.3) is 0 Å². The van der Waals surface area contributed by atoms with Gasteiger partial charge in [-0.25, -0.2) is 8.78 Å². The van der Waals surface area contributed by atoms with Crippen LogP contribution in [0, 0.1) is 11.6 Å². The van der Waals surface area contributed by atoms with Gasteiger partial charge in [0, 0.05) is 5.56 Å². The lowest BCUT2D eigenvalue weighted by Gasteiger charge is -2.25. The molecule has 0 atom stereocenters. The second-order valence-electron chi connectivity index (χ2n) is 3.21. The minimum atomic E-state index is -0.686. The van der Waals surface area contributed by atoms with Gasteiger partial charge >= 0.3 is 0 Å². The largest absolute Gasteiger partial charge is 0.379 e. The van der Waals surface area contributed by atoms with E-state index in [2.05, 4.69) is 0 Å². The molecule has 1 aliphatic rings. The molecule has 0 saturated carbocycles. The molecule has 1 heterocycles. The number of benzene rings is 1. The Bertz CT molecular complexity index is 368. The number of carbonyl (C=O) groups excluding carboxylic acids is 1. The Labute approximate surface area is 89.6 Å². The van der Waals surface area contributed by atoms with Crippen molar-refractivity contribution in [1.29, 1.82) is 0 Å².